The largest absolute Gasteiger partial charge is 0.385 e. The van der Waals surface area contributed by atoms with Crippen molar-refractivity contribution in [3.8, 4) is 0 Å². The van der Waals surface area contributed by atoms with Crippen molar-refractivity contribution in [3.63, 3.8) is 0 Å². The van der Waals surface area contributed by atoms with Crippen molar-refractivity contribution in [1.29, 1.82) is 0 Å². The maximum Gasteiger partial charge on any atom is 0.385 e. The van der Waals surface area contributed by atoms with Gasteiger partial charge in [-0.25, -0.2) is 4.79 Å². The van der Waals surface area contributed by atoms with Crippen molar-refractivity contribution < 1.29 is 19.2 Å². The van der Waals surface area contributed by atoms with E-state index in [1.54, 1.807) is 12.1 Å². The maximum absolute atomic E-state index is 12.1. The second-order valence-electron chi connectivity index (χ2n) is 4.51. The number of imide groups is 1. The molecule has 112 valence electrons. The lowest BCUT2D eigenvalue weighted by Gasteiger charge is -2.11. The number of rotatable bonds is 3. The summed E-state index contributed by atoms with van der Waals surface area (Å²) in [6.45, 7) is 2.34. The molecule has 0 spiro atoms. The first-order valence-corrected chi connectivity index (χ1v) is 6.83. The Labute approximate surface area is 130 Å². The number of carbonyl (C=O) groups excluding carboxylic acids is 3. The first-order chi connectivity index (χ1) is 10.5. The molecule has 22 heavy (non-hydrogen) atoms. The summed E-state index contributed by atoms with van der Waals surface area (Å²) in [5.41, 5.74) is 0.219. The number of amides is 2. The molecule has 8 heteroatoms. The van der Waals surface area contributed by atoms with Crippen LogP contribution < -0.4 is 0 Å². The van der Waals surface area contributed by atoms with Gasteiger partial charge in [-0.1, -0.05) is 28.8 Å². The first-order valence-electron chi connectivity index (χ1n) is 6.46. The summed E-state index contributed by atoms with van der Waals surface area (Å²) in [6, 6.07) is 6.22. The third-order valence-corrected chi connectivity index (χ3v) is 3.44. The maximum atomic E-state index is 12.1. The van der Waals surface area contributed by atoms with E-state index in [0.29, 0.717) is 11.6 Å². The van der Waals surface area contributed by atoms with Gasteiger partial charge < -0.3 is 4.84 Å². The molecule has 0 N–H and O–H groups in total. The lowest BCUT2D eigenvalue weighted by atomic mass is 10.1. The van der Waals surface area contributed by atoms with E-state index in [2.05, 4.69) is 5.10 Å². The van der Waals surface area contributed by atoms with E-state index in [1.807, 2.05) is 6.92 Å². The fourth-order valence-corrected chi connectivity index (χ4v) is 2.30. The van der Waals surface area contributed by atoms with Gasteiger partial charge in [0.2, 0.25) is 0 Å². The first kappa shape index (κ1) is 14.3. The van der Waals surface area contributed by atoms with Crippen LogP contribution in [0, 0.1) is 0 Å². The number of hydrogen-bond acceptors (Lipinski definition) is 5. The van der Waals surface area contributed by atoms with Crippen molar-refractivity contribution in [2.24, 2.45) is 0 Å². The molecule has 0 bridgehead atoms. The summed E-state index contributed by atoms with van der Waals surface area (Å²) in [5, 5.41) is 4.44. The number of benzene rings is 1. The van der Waals surface area contributed by atoms with E-state index in [0.717, 1.165) is 0 Å². The third kappa shape index (κ3) is 2.15. The molecule has 1 aliphatic rings. The summed E-state index contributed by atoms with van der Waals surface area (Å²) < 4.78 is 1.45. The van der Waals surface area contributed by atoms with Gasteiger partial charge in [-0.05, 0) is 19.1 Å². The zero-order valence-electron chi connectivity index (χ0n) is 11.4. The highest BCUT2D eigenvalue weighted by atomic mass is 35.5. The molecule has 1 aromatic carbocycles. The van der Waals surface area contributed by atoms with Gasteiger partial charge in [0, 0.05) is 12.7 Å². The number of nitrogens with zero attached hydrogens (tertiary/aromatic N) is 3. The van der Waals surface area contributed by atoms with Crippen LogP contribution in [0.5, 0.6) is 0 Å². The third-order valence-electron chi connectivity index (χ3n) is 3.17. The predicted octanol–water partition coefficient (Wildman–Crippen LogP) is 1.92. The minimum absolute atomic E-state index is 0.0865. The quantitative estimate of drug-likeness (QED) is 0.807. The van der Waals surface area contributed by atoms with E-state index >= 15 is 0 Å². The second-order valence-corrected chi connectivity index (χ2v) is 4.92. The zero-order chi connectivity index (χ0) is 15.9. The van der Waals surface area contributed by atoms with Crippen LogP contribution in [0.4, 0.5) is 0 Å². The topological polar surface area (TPSA) is 81.5 Å². The summed E-state index contributed by atoms with van der Waals surface area (Å²) in [4.78, 5) is 41.1. The number of hydrogen-bond donors (Lipinski definition) is 0. The molecule has 2 aromatic rings. The molecule has 0 radical (unpaired) electrons. The molecule has 3 rings (SSSR count). The Morgan fingerprint density at radius 3 is 2.32 bits per heavy atom. The van der Waals surface area contributed by atoms with Gasteiger partial charge in [0.15, 0.2) is 5.69 Å². The van der Waals surface area contributed by atoms with Crippen molar-refractivity contribution >= 4 is 29.4 Å². The van der Waals surface area contributed by atoms with Crippen LogP contribution in [0.25, 0.3) is 0 Å². The Kier molecular flexibility index (Phi) is 3.42. The van der Waals surface area contributed by atoms with Crippen LogP contribution in [0.2, 0.25) is 5.02 Å². The van der Waals surface area contributed by atoms with Gasteiger partial charge in [0.1, 0.15) is 0 Å². The van der Waals surface area contributed by atoms with Gasteiger partial charge in [0.25, 0.3) is 11.8 Å². The molecule has 1 aliphatic heterocycles. The van der Waals surface area contributed by atoms with Crippen LogP contribution in [0.1, 0.15) is 38.1 Å². The summed E-state index contributed by atoms with van der Waals surface area (Å²) in [7, 11) is 0. The van der Waals surface area contributed by atoms with Crippen molar-refractivity contribution in [3.05, 3.63) is 52.3 Å². The highest BCUT2D eigenvalue weighted by Gasteiger charge is 2.39. The van der Waals surface area contributed by atoms with Crippen LogP contribution in [-0.2, 0) is 11.4 Å². The molecule has 0 unspecified atom stereocenters. The van der Waals surface area contributed by atoms with Gasteiger partial charge in [0.05, 0.1) is 16.1 Å². The average molecular weight is 320 g/mol. The molecule has 0 saturated heterocycles. The number of aromatic nitrogens is 2. The van der Waals surface area contributed by atoms with Crippen LogP contribution in [0.3, 0.4) is 0 Å². The van der Waals surface area contributed by atoms with E-state index in [9.17, 15) is 14.4 Å². The van der Waals surface area contributed by atoms with E-state index in [4.69, 9.17) is 16.4 Å². The highest BCUT2D eigenvalue weighted by Crippen LogP contribution is 2.24. The van der Waals surface area contributed by atoms with Crippen LogP contribution in [0.15, 0.2) is 30.5 Å². The fraction of sp³-hybridized carbons (Fsp3) is 0.143. The van der Waals surface area contributed by atoms with Crippen LogP contribution >= 0.6 is 11.6 Å². The summed E-state index contributed by atoms with van der Waals surface area (Å²) in [6.07, 6.45) is 1.46. The van der Waals surface area contributed by atoms with Gasteiger partial charge in [-0.15, -0.1) is 0 Å². The molecule has 0 aliphatic carbocycles. The van der Waals surface area contributed by atoms with Crippen molar-refractivity contribution in [2.45, 2.75) is 13.5 Å². The number of halogens is 1. The Hall–Kier alpha value is -2.67. The van der Waals surface area contributed by atoms with Gasteiger partial charge in [-0.2, -0.15) is 5.10 Å². The molecule has 0 saturated carbocycles. The number of carbonyl (C=O) groups is 3. The summed E-state index contributed by atoms with van der Waals surface area (Å²) in [5.74, 6) is -2.35. The van der Waals surface area contributed by atoms with Crippen molar-refractivity contribution in [1.82, 2.24) is 14.8 Å². The van der Waals surface area contributed by atoms with E-state index < -0.39 is 17.8 Å². The Morgan fingerprint density at radius 1 is 1.23 bits per heavy atom. The minimum Gasteiger partial charge on any atom is -0.322 e. The molecule has 7 nitrogen and oxygen atoms in total. The number of fused-ring (bicyclic) bond motifs is 1. The molecular formula is C14H10ClN3O4. The second kappa shape index (κ2) is 5.27. The Bertz CT molecular complexity index is 764. The lowest BCUT2D eigenvalue weighted by molar-refractivity contribution is -0.0588. The van der Waals surface area contributed by atoms with Crippen molar-refractivity contribution in [2.75, 3.05) is 0 Å². The Balaban J connectivity index is 1.85. The number of aryl methyl sites for hydroxylation is 1. The van der Waals surface area contributed by atoms with E-state index in [-0.39, 0.29) is 21.8 Å². The average Bonchev–Trinajstić information content (AvgIpc) is 3.01. The molecule has 1 aromatic heterocycles. The standard InChI is InChI=1S/C14H10ClN3O4/c1-2-17-7-10(15)11(16-17)14(21)22-18-12(19)8-5-3-4-6-9(8)13(18)20/h3-7H,2H2,1H3. The normalized spacial score (nSPS) is 13.5. The monoisotopic (exact) mass is 319 g/mol. The van der Waals surface area contributed by atoms with Crippen LogP contribution in [-0.4, -0.2) is 32.6 Å². The molecule has 2 heterocycles. The fourth-order valence-electron chi connectivity index (χ4n) is 2.07. The number of hydroxylamine groups is 2. The SMILES string of the molecule is CCn1cc(Cl)c(C(=O)ON2C(=O)c3ccccc3C2=O)n1. The zero-order valence-corrected chi connectivity index (χ0v) is 12.2. The van der Waals surface area contributed by atoms with Gasteiger partial charge >= 0.3 is 5.97 Å². The van der Waals surface area contributed by atoms with Gasteiger partial charge in [-0.3, -0.25) is 14.3 Å². The highest BCUT2D eigenvalue weighted by molar-refractivity contribution is 6.33. The Morgan fingerprint density at radius 2 is 1.82 bits per heavy atom. The lowest BCUT2D eigenvalue weighted by Crippen LogP contribution is -2.33. The predicted molar refractivity (Wildman–Crippen MR) is 75.3 cm³/mol. The summed E-state index contributed by atoms with van der Waals surface area (Å²) >= 11 is 5.89. The molecular weight excluding hydrogens is 310 g/mol. The molecule has 0 fully saturated rings. The van der Waals surface area contributed by atoms with E-state index in [1.165, 1.54) is 23.0 Å². The molecule has 2 amide bonds. The molecule has 0 atom stereocenters. The smallest absolute Gasteiger partial charge is 0.322 e. The minimum atomic E-state index is -0.966.